The van der Waals surface area contributed by atoms with Crippen molar-refractivity contribution in [2.45, 2.75) is 33.7 Å². The van der Waals surface area contributed by atoms with Gasteiger partial charge >= 0.3 is 0 Å². The molecule has 0 unspecified atom stereocenters. The second-order valence-electron chi connectivity index (χ2n) is 4.78. The summed E-state index contributed by atoms with van der Waals surface area (Å²) in [6, 6.07) is 0.221. The molecule has 3 heteroatoms. The molecule has 1 aliphatic heterocycles. The fourth-order valence-corrected chi connectivity index (χ4v) is 1.65. The van der Waals surface area contributed by atoms with Crippen molar-refractivity contribution in [2.24, 2.45) is 5.41 Å². The second-order valence-corrected chi connectivity index (χ2v) is 4.78. The molecule has 14 heavy (non-hydrogen) atoms. The van der Waals surface area contributed by atoms with Crippen LogP contribution >= 0.6 is 0 Å². The zero-order chi connectivity index (χ0) is 10.9. The normalized spacial score (nSPS) is 19.1. The molecule has 1 heterocycles. The molecule has 1 amide bonds. The summed E-state index contributed by atoms with van der Waals surface area (Å²) in [4.78, 5) is 13.9. The van der Waals surface area contributed by atoms with Crippen molar-refractivity contribution in [1.82, 2.24) is 10.2 Å². The van der Waals surface area contributed by atoms with E-state index in [0.29, 0.717) is 0 Å². The van der Waals surface area contributed by atoms with E-state index < -0.39 is 0 Å². The summed E-state index contributed by atoms with van der Waals surface area (Å²) in [7, 11) is 0. The number of rotatable bonds is 3. The van der Waals surface area contributed by atoms with Crippen molar-refractivity contribution < 1.29 is 4.79 Å². The lowest BCUT2D eigenvalue weighted by atomic mass is 9.80. The maximum absolute atomic E-state index is 11.8. The molecule has 0 aliphatic carbocycles. The van der Waals surface area contributed by atoms with Gasteiger partial charge in [0.05, 0.1) is 5.41 Å². The second kappa shape index (κ2) is 3.64. The first-order valence-electron chi connectivity index (χ1n) is 5.06. The van der Waals surface area contributed by atoms with Crippen molar-refractivity contribution >= 4 is 5.91 Å². The first kappa shape index (κ1) is 11.1. The van der Waals surface area contributed by atoms with E-state index in [2.05, 4.69) is 16.8 Å². The van der Waals surface area contributed by atoms with Crippen LogP contribution in [0.15, 0.2) is 12.3 Å². The Morgan fingerprint density at radius 2 is 2.00 bits per heavy atom. The number of carbonyl (C=O) groups is 1. The van der Waals surface area contributed by atoms with Gasteiger partial charge in [-0.05, 0) is 27.7 Å². The van der Waals surface area contributed by atoms with Crippen LogP contribution in [-0.2, 0) is 4.79 Å². The van der Waals surface area contributed by atoms with Crippen LogP contribution in [0.25, 0.3) is 0 Å². The number of allylic oxidation sites excluding steroid dienone is 1. The lowest BCUT2D eigenvalue weighted by Gasteiger charge is -2.48. The molecule has 3 nitrogen and oxygen atoms in total. The molecule has 0 aromatic carbocycles. The highest BCUT2D eigenvalue weighted by atomic mass is 16.2. The van der Waals surface area contributed by atoms with Gasteiger partial charge in [0.25, 0.3) is 0 Å². The van der Waals surface area contributed by atoms with Gasteiger partial charge in [-0.15, -0.1) is 0 Å². The summed E-state index contributed by atoms with van der Waals surface area (Å²) in [5, 5.41) is 2.95. The van der Waals surface area contributed by atoms with Crippen molar-refractivity contribution in [2.75, 3.05) is 13.1 Å². The lowest BCUT2D eigenvalue weighted by Crippen LogP contribution is -2.61. The number of carbonyl (C=O) groups excluding carboxylic acids is 1. The Bertz CT molecular complexity index is 252. The highest BCUT2D eigenvalue weighted by Gasteiger charge is 2.44. The van der Waals surface area contributed by atoms with Crippen LogP contribution in [0.4, 0.5) is 0 Å². The van der Waals surface area contributed by atoms with Gasteiger partial charge < -0.3 is 10.2 Å². The Hall–Kier alpha value is -0.990. The largest absolute Gasteiger partial charge is 0.373 e. The number of hydrogen-bond donors (Lipinski definition) is 1. The molecule has 1 rings (SSSR count). The number of nitrogens with one attached hydrogen (secondary N) is 1. The fourth-order valence-electron chi connectivity index (χ4n) is 1.65. The van der Waals surface area contributed by atoms with Crippen LogP contribution in [0.1, 0.15) is 27.7 Å². The van der Waals surface area contributed by atoms with Gasteiger partial charge in [-0.1, -0.05) is 6.58 Å². The maximum Gasteiger partial charge on any atom is 0.229 e. The van der Waals surface area contributed by atoms with E-state index in [0.717, 1.165) is 18.8 Å². The molecule has 0 aromatic heterocycles. The van der Waals surface area contributed by atoms with E-state index in [9.17, 15) is 4.79 Å². The van der Waals surface area contributed by atoms with Gasteiger partial charge in [0.15, 0.2) is 0 Å². The molecule has 0 saturated carbocycles. The van der Waals surface area contributed by atoms with E-state index in [-0.39, 0.29) is 17.4 Å². The van der Waals surface area contributed by atoms with Crippen LogP contribution in [0.5, 0.6) is 0 Å². The molecule has 0 bridgehead atoms. The smallest absolute Gasteiger partial charge is 0.229 e. The predicted octanol–water partition coefficient (Wildman–Crippen LogP) is 1.37. The highest BCUT2D eigenvalue weighted by molar-refractivity contribution is 5.84. The quantitative estimate of drug-likeness (QED) is 0.739. The predicted molar refractivity (Wildman–Crippen MR) is 57.8 cm³/mol. The Morgan fingerprint density at radius 3 is 2.36 bits per heavy atom. The van der Waals surface area contributed by atoms with E-state index in [4.69, 9.17) is 0 Å². The van der Waals surface area contributed by atoms with Gasteiger partial charge in [0.1, 0.15) is 0 Å². The number of amides is 1. The summed E-state index contributed by atoms with van der Waals surface area (Å²) in [5.74, 6) is 0.157. The average Bonchev–Trinajstić information content (AvgIpc) is 1.96. The minimum absolute atomic E-state index is 0.157. The van der Waals surface area contributed by atoms with Crippen LogP contribution < -0.4 is 5.32 Å². The lowest BCUT2D eigenvalue weighted by molar-refractivity contribution is -0.138. The van der Waals surface area contributed by atoms with Gasteiger partial charge in [-0.25, -0.2) is 0 Å². The Labute approximate surface area is 86.2 Å². The zero-order valence-electron chi connectivity index (χ0n) is 9.55. The SMILES string of the molecule is C=C(C)N1CC(C)(C(=O)NC(C)C)C1. The summed E-state index contributed by atoms with van der Waals surface area (Å²) < 4.78 is 0. The first-order chi connectivity index (χ1) is 6.35. The topological polar surface area (TPSA) is 32.3 Å². The molecule has 0 aromatic rings. The van der Waals surface area contributed by atoms with E-state index in [1.165, 1.54) is 0 Å². The molecule has 0 radical (unpaired) electrons. The third-order valence-corrected chi connectivity index (χ3v) is 2.59. The number of likely N-dealkylation sites (tertiary alicyclic amines) is 1. The van der Waals surface area contributed by atoms with Crippen LogP contribution in [0.2, 0.25) is 0 Å². The Kier molecular flexibility index (Phi) is 2.88. The summed E-state index contributed by atoms with van der Waals surface area (Å²) in [5.41, 5.74) is 0.822. The molecule has 1 N–H and O–H groups in total. The summed E-state index contributed by atoms with van der Waals surface area (Å²) in [6.45, 7) is 13.4. The summed E-state index contributed by atoms with van der Waals surface area (Å²) >= 11 is 0. The minimum Gasteiger partial charge on any atom is -0.373 e. The number of hydrogen-bond acceptors (Lipinski definition) is 2. The van der Waals surface area contributed by atoms with Gasteiger partial charge in [0, 0.05) is 24.8 Å². The van der Waals surface area contributed by atoms with Crippen LogP contribution in [0, 0.1) is 5.41 Å². The van der Waals surface area contributed by atoms with Crippen molar-refractivity contribution in [3.05, 3.63) is 12.3 Å². The highest BCUT2D eigenvalue weighted by Crippen LogP contribution is 2.32. The molecular weight excluding hydrogens is 176 g/mol. The zero-order valence-corrected chi connectivity index (χ0v) is 9.55. The Morgan fingerprint density at radius 1 is 1.50 bits per heavy atom. The van der Waals surface area contributed by atoms with Crippen molar-refractivity contribution in [3.8, 4) is 0 Å². The van der Waals surface area contributed by atoms with Crippen molar-refractivity contribution in [3.63, 3.8) is 0 Å². The monoisotopic (exact) mass is 196 g/mol. The maximum atomic E-state index is 11.8. The molecule has 1 saturated heterocycles. The van der Waals surface area contributed by atoms with Gasteiger partial charge in [-0.3, -0.25) is 4.79 Å². The van der Waals surface area contributed by atoms with Crippen molar-refractivity contribution in [1.29, 1.82) is 0 Å². The van der Waals surface area contributed by atoms with E-state index >= 15 is 0 Å². The van der Waals surface area contributed by atoms with E-state index in [1.807, 2.05) is 27.7 Å². The Balaban J connectivity index is 2.47. The first-order valence-corrected chi connectivity index (χ1v) is 5.06. The van der Waals surface area contributed by atoms with Gasteiger partial charge in [0.2, 0.25) is 5.91 Å². The third kappa shape index (κ3) is 2.08. The van der Waals surface area contributed by atoms with Gasteiger partial charge in [-0.2, -0.15) is 0 Å². The standard InChI is InChI=1S/C11H20N2O/c1-8(2)12-10(14)11(5)6-13(7-11)9(3)4/h8H,3,6-7H2,1-2,4-5H3,(H,12,14). The third-order valence-electron chi connectivity index (χ3n) is 2.59. The molecular formula is C11H20N2O. The fraction of sp³-hybridized carbons (Fsp3) is 0.727. The molecule has 0 spiro atoms. The molecule has 1 fully saturated rings. The van der Waals surface area contributed by atoms with E-state index in [1.54, 1.807) is 0 Å². The number of nitrogens with zero attached hydrogens (tertiary/aromatic N) is 1. The average molecular weight is 196 g/mol. The van der Waals surface area contributed by atoms with Crippen LogP contribution in [0.3, 0.4) is 0 Å². The molecule has 1 aliphatic rings. The summed E-state index contributed by atoms with van der Waals surface area (Å²) in [6.07, 6.45) is 0. The molecule has 80 valence electrons. The minimum atomic E-state index is -0.219. The van der Waals surface area contributed by atoms with Crippen LogP contribution in [-0.4, -0.2) is 29.9 Å². The molecule has 0 atom stereocenters.